The zero-order valence-electron chi connectivity index (χ0n) is 9.42. The molecule has 0 radical (unpaired) electrons. The van der Waals surface area contributed by atoms with Gasteiger partial charge in [-0.3, -0.25) is 4.79 Å². The summed E-state index contributed by atoms with van der Waals surface area (Å²) in [7, 11) is 0. The maximum absolute atomic E-state index is 11.3. The lowest BCUT2D eigenvalue weighted by Gasteiger charge is -2.26. The van der Waals surface area contributed by atoms with Crippen molar-refractivity contribution in [2.75, 3.05) is 5.88 Å². The second-order valence-corrected chi connectivity index (χ2v) is 4.62. The smallest absolute Gasteiger partial charge is 0.235 e. The highest BCUT2D eigenvalue weighted by Crippen LogP contribution is 2.30. The van der Waals surface area contributed by atoms with Gasteiger partial charge in [0.15, 0.2) is 0 Å². The van der Waals surface area contributed by atoms with Crippen LogP contribution in [0.5, 0.6) is 0 Å². The van der Waals surface area contributed by atoms with Crippen molar-refractivity contribution < 1.29 is 4.79 Å². The number of benzene rings is 1. The Kier molecular flexibility index (Phi) is 3.49. The summed E-state index contributed by atoms with van der Waals surface area (Å²) in [6, 6.07) is 6.62. The molecule has 2 nitrogen and oxygen atoms in total. The van der Waals surface area contributed by atoms with Crippen molar-refractivity contribution in [3.05, 3.63) is 34.9 Å². The lowest BCUT2D eigenvalue weighted by atomic mass is 9.86. The first-order valence-electron chi connectivity index (χ1n) is 5.65. The molecule has 0 saturated heterocycles. The molecule has 86 valence electrons. The summed E-state index contributed by atoms with van der Waals surface area (Å²) in [6.45, 7) is 2.08. The van der Waals surface area contributed by atoms with Crippen molar-refractivity contribution >= 4 is 17.5 Å². The highest BCUT2D eigenvalue weighted by atomic mass is 35.5. The number of amides is 1. The van der Waals surface area contributed by atoms with Gasteiger partial charge in [0.05, 0.1) is 6.04 Å². The third-order valence-electron chi connectivity index (χ3n) is 3.07. The molecule has 0 aliphatic heterocycles. The molecule has 16 heavy (non-hydrogen) atoms. The van der Waals surface area contributed by atoms with E-state index in [-0.39, 0.29) is 17.8 Å². The van der Waals surface area contributed by atoms with Gasteiger partial charge in [0.25, 0.3) is 0 Å². The van der Waals surface area contributed by atoms with E-state index in [0.29, 0.717) is 0 Å². The number of carbonyl (C=O) groups is 1. The first kappa shape index (κ1) is 11.5. The SMILES string of the molecule is Cc1ccc2c(c1)[C@H](NC(=O)CCl)CCC2. The number of hydrogen-bond donors (Lipinski definition) is 1. The van der Waals surface area contributed by atoms with E-state index in [1.165, 1.54) is 16.7 Å². The molecule has 1 atom stereocenters. The van der Waals surface area contributed by atoms with E-state index >= 15 is 0 Å². The molecule has 3 heteroatoms. The molecule has 1 N–H and O–H groups in total. The van der Waals surface area contributed by atoms with Crippen molar-refractivity contribution in [1.29, 1.82) is 0 Å². The van der Waals surface area contributed by atoms with Crippen molar-refractivity contribution in [1.82, 2.24) is 5.32 Å². The largest absolute Gasteiger partial charge is 0.348 e. The van der Waals surface area contributed by atoms with E-state index in [1.807, 2.05) is 0 Å². The fourth-order valence-electron chi connectivity index (χ4n) is 2.30. The summed E-state index contributed by atoms with van der Waals surface area (Å²) in [4.78, 5) is 11.3. The minimum Gasteiger partial charge on any atom is -0.348 e. The van der Waals surface area contributed by atoms with E-state index in [4.69, 9.17) is 11.6 Å². The maximum Gasteiger partial charge on any atom is 0.235 e. The van der Waals surface area contributed by atoms with E-state index in [1.54, 1.807) is 0 Å². The third kappa shape index (κ3) is 2.38. The first-order valence-corrected chi connectivity index (χ1v) is 6.19. The summed E-state index contributed by atoms with van der Waals surface area (Å²) in [6.07, 6.45) is 3.26. The van der Waals surface area contributed by atoms with Gasteiger partial charge in [-0.15, -0.1) is 11.6 Å². The molecule has 1 aromatic rings. The average Bonchev–Trinajstić information content (AvgIpc) is 2.29. The second-order valence-electron chi connectivity index (χ2n) is 4.35. The van der Waals surface area contributed by atoms with Gasteiger partial charge in [-0.2, -0.15) is 0 Å². The highest BCUT2D eigenvalue weighted by molar-refractivity contribution is 6.27. The van der Waals surface area contributed by atoms with E-state index in [2.05, 4.69) is 30.4 Å². The number of alkyl halides is 1. The Balaban J connectivity index is 2.24. The Morgan fingerprint density at radius 3 is 3.12 bits per heavy atom. The van der Waals surface area contributed by atoms with Gasteiger partial charge in [-0.05, 0) is 37.3 Å². The summed E-state index contributed by atoms with van der Waals surface area (Å²) in [5, 5.41) is 2.98. The molecular formula is C13H16ClNO. The third-order valence-corrected chi connectivity index (χ3v) is 3.32. The van der Waals surface area contributed by atoms with Gasteiger partial charge in [0.2, 0.25) is 5.91 Å². The van der Waals surface area contributed by atoms with Gasteiger partial charge < -0.3 is 5.32 Å². The number of rotatable bonds is 2. The highest BCUT2D eigenvalue weighted by Gasteiger charge is 2.21. The van der Waals surface area contributed by atoms with Gasteiger partial charge in [0, 0.05) is 0 Å². The Bertz CT molecular complexity index is 403. The van der Waals surface area contributed by atoms with Crippen LogP contribution in [-0.2, 0) is 11.2 Å². The number of aryl methyl sites for hydroxylation is 2. The van der Waals surface area contributed by atoms with Crippen molar-refractivity contribution in [3.8, 4) is 0 Å². The number of hydrogen-bond acceptors (Lipinski definition) is 1. The molecular weight excluding hydrogens is 222 g/mol. The minimum atomic E-state index is -0.0824. The molecule has 0 bridgehead atoms. The molecule has 1 aliphatic rings. The predicted octanol–water partition coefficient (Wildman–Crippen LogP) is 2.73. The second kappa shape index (κ2) is 4.88. The molecule has 1 aromatic carbocycles. The predicted molar refractivity (Wildman–Crippen MR) is 65.7 cm³/mol. The van der Waals surface area contributed by atoms with E-state index in [9.17, 15) is 4.79 Å². The molecule has 0 spiro atoms. The molecule has 0 unspecified atom stereocenters. The Morgan fingerprint density at radius 2 is 2.38 bits per heavy atom. The van der Waals surface area contributed by atoms with E-state index < -0.39 is 0 Å². The number of fused-ring (bicyclic) bond motifs is 1. The molecule has 0 fully saturated rings. The van der Waals surface area contributed by atoms with Crippen LogP contribution in [-0.4, -0.2) is 11.8 Å². The molecule has 0 heterocycles. The van der Waals surface area contributed by atoms with Crippen LogP contribution >= 0.6 is 11.6 Å². The van der Waals surface area contributed by atoms with Gasteiger partial charge >= 0.3 is 0 Å². The van der Waals surface area contributed by atoms with Crippen LogP contribution in [0.4, 0.5) is 0 Å². The summed E-state index contributed by atoms with van der Waals surface area (Å²) >= 11 is 5.52. The van der Waals surface area contributed by atoms with Crippen LogP contribution in [0.2, 0.25) is 0 Å². The van der Waals surface area contributed by atoms with Crippen LogP contribution in [0, 0.1) is 6.92 Å². The molecule has 1 amide bonds. The maximum atomic E-state index is 11.3. The fourth-order valence-corrected chi connectivity index (χ4v) is 2.38. The molecule has 1 aliphatic carbocycles. The van der Waals surface area contributed by atoms with Gasteiger partial charge in [-0.1, -0.05) is 23.8 Å². The lowest BCUT2D eigenvalue weighted by Crippen LogP contribution is -2.31. The van der Waals surface area contributed by atoms with Crippen molar-refractivity contribution in [2.45, 2.75) is 32.2 Å². The van der Waals surface area contributed by atoms with Crippen LogP contribution in [0.25, 0.3) is 0 Å². The number of nitrogens with one attached hydrogen (secondary N) is 1. The molecule has 2 rings (SSSR count). The Morgan fingerprint density at radius 1 is 1.56 bits per heavy atom. The lowest BCUT2D eigenvalue weighted by molar-refractivity contribution is -0.119. The van der Waals surface area contributed by atoms with Gasteiger partial charge in [-0.25, -0.2) is 0 Å². The number of halogens is 1. The van der Waals surface area contributed by atoms with Crippen molar-refractivity contribution in [3.63, 3.8) is 0 Å². The Labute approximate surface area is 101 Å². The minimum absolute atomic E-state index is 0.0393. The quantitative estimate of drug-likeness (QED) is 0.788. The van der Waals surface area contributed by atoms with Crippen LogP contribution in [0.1, 0.15) is 35.6 Å². The van der Waals surface area contributed by atoms with E-state index in [0.717, 1.165) is 19.3 Å². The van der Waals surface area contributed by atoms with Gasteiger partial charge in [0.1, 0.15) is 5.88 Å². The standard InChI is InChI=1S/C13H16ClNO/c1-9-5-6-10-3-2-4-12(11(10)7-9)15-13(16)8-14/h5-7,12H,2-4,8H2,1H3,(H,15,16)/t12-/m1/s1. The summed E-state index contributed by atoms with van der Waals surface area (Å²) < 4.78 is 0. The average molecular weight is 238 g/mol. The summed E-state index contributed by atoms with van der Waals surface area (Å²) in [5.74, 6) is -0.0431. The number of carbonyl (C=O) groups excluding carboxylic acids is 1. The zero-order valence-corrected chi connectivity index (χ0v) is 10.2. The fraction of sp³-hybridized carbons (Fsp3) is 0.462. The van der Waals surface area contributed by atoms with Crippen LogP contribution in [0.3, 0.4) is 0 Å². The molecule has 0 aromatic heterocycles. The Hall–Kier alpha value is -1.02. The zero-order chi connectivity index (χ0) is 11.5. The van der Waals surface area contributed by atoms with Crippen LogP contribution in [0.15, 0.2) is 18.2 Å². The normalized spacial score (nSPS) is 19.0. The topological polar surface area (TPSA) is 29.1 Å². The van der Waals surface area contributed by atoms with Crippen molar-refractivity contribution in [2.24, 2.45) is 0 Å². The summed E-state index contributed by atoms with van der Waals surface area (Å²) in [5.41, 5.74) is 3.87. The first-order chi connectivity index (χ1) is 7.70. The van der Waals surface area contributed by atoms with Crippen LogP contribution < -0.4 is 5.32 Å². The monoisotopic (exact) mass is 237 g/mol. The molecule has 0 saturated carbocycles.